The van der Waals surface area contributed by atoms with Gasteiger partial charge in [-0.2, -0.15) is 0 Å². The van der Waals surface area contributed by atoms with Gasteiger partial charge in [0.05, 0.1) is 6.61 Å². The molecule has 0 saturated carbocycles. The highest BCUT2D eigenvalue weighted by Gasteiger charge is 2.21. The van der Waals surface area contributed by atoms with Crippen LogP contribution in [0.1, 0.15) is 26.7 Å². The molecule has 1 radical (unpaired) electrons. The topological polar surface area (TPSA) is 24.5 Å². The molecule has 0 bridgehead atoms. The number of nitrogens with zero attached hydrogens (tertiary/aromatic N) is 1. The zero-order valence-corrected chi connectivity index (χ0v) is 8.81. The van der Waals surface area contributed by atoms with Crippen LogP contribution in [0.4, 0.5) is 0 Å². The molecular weight excluding hydrogens is 164 g/mol. The molecule has 1 rings (SSSR count). The van der Waals surface area contributed by atoms with Crippen molar-refractivity contribution in [2.45, 2.75) is 26.7 Å². The van der Waals surface area contributed by atoms with Gasteiger partial charge >= 0.3 is 0 Å². The minimum atomic E-state index is 0.819. The first-order chi connectivity index (χ1) is 6.38. The molecule has 0 aromatic rings. The van der Waals surface area contributed by atoms with E-state index in [1.54, 1.807) is 0 Å². The summed E-state index contributed by atoms with van der Waals surface area (Å²) in [5.41, 5.74) is 0. The summed E-state index contributed by atoms with van der Waals surface area (Å²) < 4.78 is 5.63. The molecule has 77 valence electrons. The Labute approximate surface area is 81.4 Å². The van der Waals surface area contributed by atoms with E-state index in [0.29, 0.717) is 0 Å². The van der Waals surface area contributed by atoms with E-state index in [2.05, 4.69) is 24.1 Å². The predicted molar refractivity (Wildman–Crippen MR) is 54.2 cm³/mol. The van der Waals surface area contributed by atoms with Gasteiger partial charge in [-0.3, -0.25) is 4.90 Å². The smallest absolute Gasteiger partial charge is 0.178 e. The molecule has 3 heteroatoms. The molecular formula is C10H21N2O. The number of ether oxygens (including phenoxy) is 1. The number of morpholine rings is 1. The van der Waals surface area contributed by atoms with Crippen LogP contribution in [0.5, 0.6) is 0 Å². The van der Waals surface area contributed by atoms with E-state index >= 15 is 0 Å². The van der Waals surface area contributed by atoms with Gasteiger partial charge in [-0.25, -0.2) is 0 Å². The molecule has 1 N–H and O–H groups in total. The lowest BCUT2D eigenvalue weighted by Crippen LogP contribution is -2.43. The summed E-state index contributed by atoms with van der Waals surface area (Å²) in [6, 6.07) is 0. The van der Waals surface area contributed by atoms with Gasteiger partial charge < -0.3 is 10.1 Å². The van der Waals surface area contributed by atoms with E-state index in [-0.39, 0.29) is 0 Å². The molecule has 1 heterocycles. The van der Waals surface area contributed by atoms with Crippen molar-refractivity contribution in [3.8, 4) is 0 Å². The molecule has 13 heavy (non-hydrogen) atoms. The Balaban J connectivity index is 2.32. The first-order valence-corrected chi connectivity index (χ1v) is 5.32. The fraction of sp³-hybridized carbons (Fsp3) is 0.900. The number of rotatable bonds is 5. The molecule has 0 aromatic carbocycles. The van der Waals surface area contributed by atoms with Gasteiger partial charge in [0.2, 0.25) is 0 Å². The quantitative estimate of drug-likeness (QED) is 0.697. The maximum Gasteiger partial charge on any atom is 0.178 e. The third kappa shape index (κ3) is 3.63. The van der Waals surface area contributed by atoms with E-state index in [1.165, 1.54) is 12.8 Å². The largest absolute Gasteiger partial charge is 0.353 e. The van der Waals surface area contributed by atoms with Crippen molar-refractivity contribution in [1.82, 2.24) is 10.2 Å². The number of hydrogen-bond donors (Lipinski definition) is 1. The van der Waals surface area contributed by atoms with Gasteiger partial charge in [0.15, 0.2) is 6.23 Å². The minimum Gasteiger partial charge on any atom is -0.353 e. The molecule has 1 saturated heterocycles. The molecule has 1 aliphatic heterocycles. The average Bonchev–Trinajstić information content (AvgIpc) is 2.19. The molecule has 1 aliphatic rings. The molecule has 0 unspecified atom stereocenters. The maximum absolute atomic E-state index is 5.63. The molecule has 1 fully saturated rings. The van der Waals surface area contributed by atoms with Crippen molar-refractivity contribution in [3.05, 3.63) is 6.23 Å². The summed E-state index contributed by atoms with van der Waals surface area (Å²) in [6.07, 6.45) is 3.51. The summed E-state index contributed by atoms with van der Waals surface area (Å²) in [5.74, 6) is 0. The summed E-state index contributed by atoms with van der Waals surface area (Å²) in [7, 11) is 0. The summed E-state index contributed by atoms with van der Waals surface area (Å²) >= 11 is 0. The van der Waals surface area contributed by atoms with E-state index in [9.17, 15) is 0 Å². The van der Waals surface area contributed by atoms with Crippen LogP contribution in [0, 0.1) is 6.23 Å². The molecule has 0 aromatic heterocycles. The molecule has 0 spiro atoms. The normalized spacial score (nSPS) is 19.6. The second-order valence-corrected chi connectivity index (χ2v) is 3.41. The Bertz CT molecular complexity index is 118. The number of hydrogen-bond acceptors (Lipinski definition) is 3. The molecule has 0 aliphatic carbocycles. The standard InChI is InChI=1S/C10H21N2O/c1-3-6-12(7-4-2)10-9-11-5-8-13-10/h11H,3-9H2,1-2H3. The van der Waals surface area contributed by atoms with Gasteiger partial charge in [-0.15, -0.1) is 0 Å². The number of nitrogens with one attached hydrogen (secondary N) is 1. The Kier molecular flexibility index (Phi) is 5.35. The van der Waals surface area contributed by atoms with Crippen molar-refractivity contribution in [3.63, 3.8) is 0 Å². The fourth-order valence-corrected chi connectivity index (χ4v) is 1.59. The van der Waals surface area contributed by atoms with Gasteiger partial charge in [-0.05, 0) is 12.8 Å². The van der Waals surface area contributed by atoms with Gasteiger partial charge in [-0.1, -0.05) is 13.8 Å². The van der Waals surface area contributed by atoms with Crippen LogP contribution in [-0.4, -0.2) is 37.7 Å². The Hall–Kier alpha value is -0.120. The van der Waals surface area contributed by atoms with Gasteiger partial charge in [0.25, 0.3) is 0 Å². The average molecular weight is 185 g/mol. The third-order valence-corrected chi connectivity index (χ3v) is 2.16. The fourth-order valence-electron chi connectivity index (χ4n) is 1.59. The first-order valence-electron chi connectivity index (χ1n) is 5.32. The molecule has 3 nitrogen and oxygen atoms in total. The highest BCUT2D eigenvalue weighted by atomic mass is 16.5. The second-order valence-electron chi connectivity index (χ2n) is 3.41. The highest BCUT2D eigenvalue weighted by Crippen LogP contribution is 2.12. The second kappa shape index (κ2) is 6.35. The molecule has 0 atom stereocenters. The predicted octanol–water partition coefficient (Wildman–Crippen LogP) is 1.22. The third-order valence-electron chi connectivity index (χ3n) is 2.16. The minimum absolute atomic E-state index is 0.819. The van der Waals surface area contributed by atoms with Crippen molar-refractivity contribution in [2.75, 3.05) is 32.8 Å². The lowest BCUT2D eigenvalue weighted by molar-refractivity contribution is 0.0136. The first kappa shape index (κ1) is 11.0. The van der Waals surface area contributed by atoms with Crippen LogP contribution in [0.15, 0.2) is 0 Å². The van der Waals surface area contributed by atoms with Crippen LogP contribution in [0.3, 0.4) is 0 Å². The van der Waals surface area contributed by atoms with Crippen LogP contribution < -0.4 is 5.32 Å². The Morgan fingerprint density at radius 3 is 2.46 bits per heavy atom. The lowest BCUT2D eigenvalue weighted by atomic mass is 10.3. The Morgan fingerprint density at radius 1 is 1.31 bits per heavy atom. The zero-order chi connectivity index (χ0) is 9.52. The summed E-state index contributed by atoms with van der Waals surface area (Å²) in [5, 5.41) is 3.33. The van der Waals surface area contributed by atoms with E-state index in [0.717, 1.165) is 39.0 Å². The zero-order valence-electron chi connectivity index (χ0n) is 8.81. The highest BCUT2D eigenvalue weighted by molar-refractivity contribution is 4.84. The van der Waals surface area contributed by atoms with Crippen molar-refractivity contribution >= 4 is 0 Å². The SMILES string of the molecule is CCCN(CCC)[C]1CNCCO1. The lowest BCUT2D eigenvalue weighted by Gasteiger charge is -2.32. The summed E-state index contributed by atoms with van der Waals surface area (Å²) in [6.45, 7) is 9.35. The van der Waals surface area contributed by atoms with E-state index in [4.69, 9.17) is 4.74 Å². The van der Waals surface area contributed by atoms with Crippen molar-refractivity contribution < 1.29 is 4.74 Å². The van der Waals surface area contributed by atoms with Crippen molar-refractivity contribution in [2.24, 2.45) is 0 Å². The van der Waals surface area contributed by atoms with Crippen LogP contribution in [-0.2, 0) is 4.74 Å². The van der Waals surface area contributed by atoms with Crippen molar-refractivity contribution in [1.29, 1.82) is 0 Å². The maximum atomic E-state index is 5.63. The van der Waals surface area contributed by atoms with Crippen LogP contribution in [0.2, 0.25) is 0 Å². The van der Waals surface area contributed by atoms with E-state index in [1.807, 2.05) is 0 Å². The van der Waals surface area contributed by atoms with Crippen LogP contribution >= 0.6 is 0 Å². The monoisotopic (exact) mass is 185 g/mol. The van der Waals surface area contributed by atoms with Crippen LogP contribution in [0.25, 0.3) is 0 Å². The van der Waals surface area contributed by atoms with Gasteiger partial charge in [0.1, 0.15) is 0 Å². The van der Waals surface area contributed by atoms with E-state index < -0.39 is 0 Å². The molecule has 0 amide bonds. The summed E-state index contributed by atoms with van der Waals surface area (Å²) in [4.78, 5) is 2.35. The van der Waals surface area contributed by atoms with Gasteiger partial charge in [0, 0.05) is 26.2 Å². The Morgan fingerprint density at radius 2 is 2.00 bits per heavy atom.